The Morgan fingerprint density at radius 1 is 1.10 bits per heavy atom. The predicted molar refractivity (Wildman–Crippen MR) is 145 cm³/mol. The summed E-state index contributed by atoms with van der Waals surface area (Å²) < 4.78 is 33.6. The van der Waals surface area contributed by atoms with E-state index >= 15 is 0 Å². The molecule has 2 aliphatic heterocycles. The number of piperazine rings is 1. The number of rotatable bonds is 9. The van der Waals surface area contributed by atoms with Crippen molar-refractivity contribution in [2.24, 2.45) is 5.92 Å². The van der Waals surface area contributed by atoms with E-state index < -0.39 is 41.3 Å². The topological polar surface area (TPSA) is 99.3 Å². The number of hydrogen-bond acceptors (Lipinski definition) is 5. The lowest BCUT2D eigenvalue weighted by molar-refractivity contribution is -0.132. The Morgan fingerprint density at radius 3 is 2.38 bits per heavy atom. The molecule has 0 radical (unpaired) electrons. The van der Waals surface area contributed by atoms with Gasteiger partial charge in [-0.25, -0.2) is 13.6 Å². The lowest BCUT2D eigenvalue weighted by Gasteiger charge is -2.42. The molecule has 2 heterocycles. The fraction of sp³-hybridized carbons (Fsp3) is 0.655. The SMILES string of the molecule is CCCCN1CC(C(=O)NC(Cc2cc(F)cc(F)c2)C[C@H]2CN(C(C)=O)CCN2C(=O)OC(C)(C)C)CC1=O. The summed E-state index contributed by atoms with van der Waals surface area (Å²) in [5.74, 6) is -2.54. The molecule has 9 nitrogen and oxygen atoms in total. The Hall–Kier alpha value is -3.24. The highest BCUT2D eigenvalue weighted by Crippen LogP contribution is 2.23. The summed E-state index contributed by atoms with van der Waals surface area (Å²) in [7, 11) is 0. The number of benzene rings is 1. The van der Waals surface area contributed by atoms with Gasteiger partial charge in [0, 0.05) is 58.2 Å². The number of unbranched alkanes of at least 4 members (excludes halogenated alkanes) is 1. The minimum atomic E-state index is -0.733. The average molecular weight is 565 g/mol. The van der Waals surface area contributed by atoms with Crippen LogP contribution in [0.15, 0.2) is 18.2 Å². The molecule has 0 saturated carbocycles. The smallest absolute Gasteiger partial charge is 0.410 e. The van der Waals surface area contributed by atoms with Crippen molar-refractivity contribution in [3.8, 4) is 0 Å². The van der Waals surface area contributed by atoms with Crippen LogP contribution in [0.1, 0.15) is 65.9 Å². The van der Waals surface area contributed by atoms with Crippen LogP contribution in [0, 0.1) is 17.6 Å². The van der Waals surface area contributed by atoms with Crippen LogP contribution in [0.4, 0.5) is 13.6 Å². The van der Waals surface area contributed by atoms with E-state index in [-0.39, 0.29) is 50.1 Å². The highest BCUT2D eigenvalue weighted by Gasteiger charge is 2.38. The molecule has 2 unspecified atom stereocenters. The lowest BCUT2D eigenvalue weighted by Crippen LogP contribution is -2.59. The Bertz CT molecular complexity index is 1070. The van der Waals surface area contributed by atoms with E-state index in [1.54, 1.807) is 35.5 Å². The third kappa shape index (κ3) is 8.89. The van der Waals surface area contributed by atoms with Crippen molar-refractivity contribution in [2.75, 3.05) is 32.7 Å². The first kappa shape index (κ1) is 31.3. The largest absolute Gasteiger partial charge is 0.444 e. The fourth-order valence-corrected chi connectivity index (χ4v) is 5.27. The maximum absolute atomic E-state index is 14.0. The molecular formula is C29H42F2N4O5. The summed E-state index contributed by atoms with van der Waals surface area (Å²) in [5.41, 5.74) is -0.386. The number of likely N-dealkylation sites (tertiary alicyclic amines) is 1. The van der Waals surface area contributed by atoms with E-state index in [4.69, 9.17) is 4.74 Å². The third-order valence-electron chi connectivity index (χ3n) is 7.23. The maximum atomic E-state index is 14.0. The molecule has 0 spiro atoms. The van der Waals surface area contributed by atoms with Gasteiger partial charge >= 0.3 is 6.09 Å². The highest BCUT2D eigenvalue weighted by atomic mass is 19.1. The van der Waals surface area contributed by atoms with Crippen LogP contribution < -0.4 is 5.32 Å². The van der Waals surface area contributed by atoms with Gasteiger partial charge in [0.15, 0.2) is 0 Å². The minimum absolute atomic E-state index is 0.0715. The standard InChI is InChI=1S/C29H42F2N4O5/c1-6-7-8-34-17-21(14-26(34)37)27(38)32-24(13-20-11-22(30)15-23(31)12-20)16-25-18-33(19(2)36)9-10-35(25)28(39)40-29(3,4)5/h11-12,15,21,24-25H,6-10,13-14,16-18H2,1-5H3,(H,32,38)/t21?,24?,25-/m0/s1. The molecule has 11 heteroatoms. The number of carbonyl (C=O) groups is 4. The second-order valence-electron chi connectivity index (χ2n) is 11.8. The van der Waals surface area contributed by atoms with Gasteiger partial charge in [-0.15, -0.1) is 0 Å². The zero-order chi connectivity index (χ0) is 29.6. The first-order valence-corrected chi connectivity index (χ1v) is 14.0. The second kappa shape index (κ2) is 13.4. The van der Waals surface area contributed by atoms with Crippen LogP contribution in [0.3, 0.4) is 0 Å². The lowest BCUT2D eigenvalue weighted by atomic mass is 9.95. The van der Waals surface area contributed by atoms with Crippen LogP contribution in [0.2, 0.25) is 0 Å². The fourth-order valence-electron chi connectivity index (χ4n) is 5.27. The molecule has 4 amide bonds. The molecule has 2 fully saturated rings. The van der Waals surface area contributed by atoms with Crippen molar-refractivity contribution in [1.29, 1.82) is 0 Å². The van der Waals surface area contributed by atoms with E-state index in [2.05, 4.69) is 5.32 Å². The number of ether oxygens (including phenoxy) is 1. The van der Waals surface area contributed by atoms with Gasteiger partial charge in [-0.1, -0.05) is 13.3 Å². The van der Waals surface area contributed by atoms with Crippen molar-refractivity contribution in [2.45, 2.75) is 84.4 Å². The first-order valence-electron chi connectivity index (χ1n) is 14.0. The van der Waals surface area contributed by atoms with E-state index in [1.165, 1.54) is 19.1 Å². The van der Waals surface area contributed by atoms with Crippen LogP contribution in [-0.4, -0.2) is 88.9 Å². The number of hydrogen-bond donors (Lipinski definition) is 1. The van der Waals surface area contributed by atoms with Crippen LogP contribution >= 0.6 is 0 Å². The number of nitrogens with one attached hydrogen (secondary N) is 1. The van der Waals surface area contributed by atoms with Crippen LogP contribution in [0.5, 0.6) is 0 Å². The molecule has 0 aliphatic carbocycles. The summed E-state index contributed by atoms with van der Waals surface area (Å²) >= 11 is 0. The second-order valence-corrected chi connectivity index (χ2v) is 11.8. The third-order valence-corrected chi connectivity index (χ3v) is 7.23. The van der Waals surface area contributed by atoms with Crippen molar-refractivity contribution >= 4 is 23.8 Å². The van der Waals surface area contributed by atoms with Crippen LogP contribution in [-0.2, 0) is 25.5 Å². The Kier molecular flexibility index (Phi) is 10.5. The molecule has 222 valence electrons. The van der Waals surface area contributed by atoms with Gasteiger partial charge in [0.05, 0.1) is 12.0 Å². The molecule has 1 aromatic rings. The monoisotopic (exact) mass is 564 g/mol. The normalized spacial score (nSPS) is 20.5. The summed E-state index contributed by atoms with van der Waals surface area (Å²) in [6.07, 6.45) is 1.66. The first-order chi connectivity index (χ1) is 18.8. The van der Waals surface area contributed by atoms with Gasteiger partial charge in [-0.2, -0.15) is 0 Å². The van der Waals surface area contributed by atoms with Gasteiger partial charge in [0.2, 0.25) is 17.7 Å². The summed E-state index contributed by atoms with van der Waals surface area (Å²) in [6, 6.07) is 2.06. The molecule has 3 rings (SSSR count). The molecule has 2 aliphatic rings. The molecule has 1 N–H and O–H groups in total. The van der Waals surface area contributed by atoms with E-state index in [0.29, 0.717) is 25.2 Å². The highest BCUT2D eigenvalue weighted by molar-refractivity contribution is 5.89. The average Bonchev–Trinajstić information content (AvgIpc) is 3.21. The van der Waals surface area contributed by atoms with Crippen molar-refractivity contribution in [1.82, 2.24) is 20.0 Å². The van der Waals surface area contributed by atoms with E-state index in [1.807, 2.05) is 6.92 Å². The van der Waals surface area contributed by atoms with Gasteiger partial charge in [-0.05, 0) is 57.7 Å². The maximum Gasteiger partial charge on any atom is 0.410 e. The van der Waals surface area contributed by atoms with Crippen LogP contribution in [0.25, 0.3) is 0 Å². The van der Waals surface area contributed by atoms with Crippen molar-refractivity contribution < 1.29 is 32.7 Å². The van der Waals surface area contributed by atoms with Crippen molar-refractivity contribution in [3.05, 3.63) is 35.4 Å². The zero-order valence-electron chi connectivity index (χ0n) is 24.2. The minimum Gasteiger partial charge on any atom is -0.444 e. The van der Waals surface area contributed by atoms with E-state index in [0.717, 1.165) is 18.9 Å². The number of amides is 4. The summed E-state index contributed by atoms with van der Waals surface area (Å²) in [5, 5.41) is 3.00. The van der Waals surface area contributed by atoms with Gasteiger partial charge in [-0.3, -0.25) is 14.4 Å². The Morgan fingerprint density at radius 2 is 1.77 bits per heavy atom. The van der Waals surface area contributed by atoms with Gasteiger partial charge in [0.1, 0.15) is 17.2 Å². The Balaban J connectivity index is 1.83. The molecule has 0 aromatic heterocycles. The molecule has 1 aromatic carbocycles. The van der Waals surface area contributed by atoms with Gasteiger partial charge < -0.3 is 24.8 Å². The number of halogens is 2. The van der Waals surface area contributed by atoms with Crippen molar-refractivity contribution in [3.63, 3.8) is 0 Å². The molecule has 2 saturated heterocycles. The molecular weight excluding hydrogens is 522 g/mol. The molecule has 3 atom stereocenters. The predicted octanol–water partition coefficient (Wildman–Crippen LogP) is 3.50. The van der Waals surface area contributed by atoms with Gasteiger partial charge in [0.25, 0.3) is 0 Å². The Labute approximate surface area is 235 Å². The summed E-state index contributed by atoms with van der Waals surface area (Å²) in [6.45, 7) is 10.5. The zero-order valence-corrected chi connectivity index (χ0v) is 24.2. The van der Waals surface area contributed by atoms with E-state index in [9.17, 15) is 28.0 Å². The summed E-state index contributed by atoms with van der Waals surface area (Å²) in [4.78, 5) is 56.0. The number of carbonyl (C=O) groups excluding carboxylic acids is 4. The number of nitrogens with zero attached hydrogens (tertiary/aromatic N) is 3. The molecule has 40 heavy (non-hydrogen) atoms. The molecule has 0 bridgehead atoms. The quantitative estimate of drug-likeness (QED) is 0.495.